The summed E-state index contributed by atoms with van der Waals surface area (Å²) in [5, 5.41) is 11.4. The number of likely N-dealkylation sites (tertiary alicyclic amines) is 1. The third-order valence-electron chi connectivity index (χ3n) is 3.59. The van der Waals surface area contributed by atoms with Gasteiger partial charge in [0.15, 0.2) is 0 Å². The van der Waals surface area contributed by atoms with Crippen LogP contribution < -0.4 is 5.32 Å². The van der Waals surface area contributed by atoms with Gasteiger partial charge in [-0.3, -0.25) is 9.59 Å². The van der Waals surface area contributed by atoms with Crippen LogP contribution in [-0.2, 0) is 9.59 Å². The number of urea groups is 1. The Morgan fingerprint density at radius 3 is 2.33 bits per heavy atom. The lowest BCUT2D eigenvalue weighted by atomic mass is 9.99. The number of amides is 3. The highest BCUT2D eigenvalue weighted by Gasteiger charge is 2.25. The lowest BCUT2D eigenvalue weighted by Gasteiger charge is -2.29. The van der Waals surface area contributed by atoms with Crippen molar-refractivity contribution >= 4 is 17.9 Å². The maximum atomic E-state index is 12.1. The molecule has 0 aromatic carbocycles. The van der Waals surface area contributed by atoms with Gasteiger partial charge in [0.2, 0.25) is 5.91 Å². The van der Waals surface area contributed by atoms with Crippen molar-refractivity contribution in [2.75, 3.05) is 26.7 Å². The molecule has 0 bridgehead atoms. The van der Waals surface area contributed by atoms with Gasteiger partial charge in [0.25, 0.3) is 0 Å². The molecule has 3 amide bonds. The molecule has 120 valence electrons. The second kappa shape index (κ2) is 7.28. The maximum absolute atomic E-state index is 12.1. The quantitative estimate of drug-likeness (QED) is 0.762. The SMILES string of the molecule is CN(CC(=O)N1CCCC1)C(=O)NC(C)(C)CCC(=O)O. The first kappa shape index (κ1) is 17.3. The van der Waals surface area contributed by atoms with Crippen LogP contribution in [0.5, 0.6) is 0 Å². The molecule has 1 heterocycles. The fourth-order valence-electron chi connectivity index (χ4n) is 2.21. The van der Waals surface area contributed by atoms with E-state index in [1.807, 2.05) is 0 Å². The Labute approximate surface area is 125 Å². The van der Waals surface area contributed by atoms with Crippen LogP contribution in [0.15, 0.2) is 0 Å². The molecular weight excluding hydrogens is 274 g/mol. The fourth-order valence-corrected chi connectivity index (χ4v) is 2.21. The van der Waals surface area contributed by atoms with Crippen molar-refractivity contribution in [3.05, 3.63) is 0 Å². The molecule has 0 atom stereocenters. The van der Waals surface area contributed by atoms with E-state index in [0.717, 1.165) is 25.9 Å². The van der Waals surface area contributed by atoms with E-state index < -0.39 is 11.5 Å². The summed E-state index contributed by atoms with van der Waals surface area (Å²) in [5.41, 5.74) is -0.625. The lowest BCUT2D eigenvalue weighted by molar-refractivity contribution is -0.137. The number of carboxylic acid groups (broad SMARTS) is 1. The average Bonchev–Trinajstić information content (AvgIpc) is 2.89. The maximum Gasteiger partial charge on any atom is 0.318 e. The Morgan fingerprint density at radius 1 is 1.24 bits per heavy atom. The normalized spacial score (nSPS) is 14.9. The molecule has 0 aliphatic carbocycles. The van der Waals surface area contributed by atoms with E-state index in [2.05, 4.69) is 5.32 Å². The molecular formula is C14H25N3O4. The van der Waals surface area contributed by atoms with Crippen LogP contribution in [-0.4, -0.2) is 65.0 Å². The second-order valence-corrected chi connectivity index (χ2v) is 6.15. The number of carboxylic acids is 1. The zero-order valence-electron chi connectivity index (χ0n) is 13.0. The number of aliphatic carboxylic acids is 1. The van der Waals surface area contributed by atoms with E-state index in [1.165, 1.54) is 4.90 Å². The van der Waals surface area contributed by atoms with Gasteiger partial charge in [0.1, 0.15) is 6.54 Å². The van der Waals surface area contributed by atoms with Crippen LogP contribution in [0.2, 0.25) is 0 Å². The zero-order chi connectivity index (χ0) is 16.0. The minimum Gasteiger partial charge on any atom is -0.481 e. The second-order valence-electron chi connectivity index (χ2n) is 6.15. The largest absolute Gasteiger partial charge is 0.481 e. The van der Waals surface area contributed by atoms with Crippen molar-refractivity contribution in [3.8, 4) is 0 Å². The molecule has 0 aromatic heterocycles. The summed E-state index contributed by atoms with van der Waals surface area (Å²) < 4.78 is 0. The molecule has 2 N–H and O–H groups in total. The third kappa shape index (κ3) is 6.01. The molecule has 0 aromatic rings. The minimum atomic E-state index is -0.894. The summed E-state index contributed by atoms with van der Waals surface area (Å²) in [5.74, 6) is -0.941. The number of nitrogens with zero attached hydrogens (tertiary/aromatic N) is 2. The smallest absolute Gasteiger partial charge is 0.318 e. The van der Waals surface area contributed by atoms with Gasteiger partial charge in [-0.25, -0.2) is 4.79 Å². The molecule has 7 heteroatoms. The zero-order valence-corrected chi connectivity index (χ0v) is 13.0. The van der Waals surface area contributed by atoms with Gasteiger partial charge in [-0.2, -0.15) is 0 Å². The fraction of sp³-hybridized carbons (Fsp3) is 0.786. The predicted molar refractivity (Wildman–Crippen MR) is 77.9 cm³/mol. The summed E-state index contributed by atoms with van der Waals surface area (Å²) in [6, 6.07) is -0.363. The van der Waals surface area contributed by atoms with Gasteiger partial charge < -0.3 is 20.2 Å². The van der Waals surface area contributed by atoms with E-state index in [9.17, 15) is 14.4 Å². The Morgan fingerprint density at radius 2 is 1.81 bits per heavy atom. The van der Waals surface area contributed by atoms with E-state index in [4.69, 9.17) is 5.11 Å². The molecule has 1 fully saturated rings. The molecule has 1 saturated heterocycles. The lowest BCUT2D eigenvalue weighted by Crippen LogP contribution is -2.51. The highest BCUT2D eigenvalue weighted by Crippen LogP contribution is 2.12. The van der Waals surface area contributed by atoms with Crippen molar-refractivity contribution in [2.24, 2.45) is 0 Å². The van der Waals surface area contributed by atoms with Crippen LogP contribution in [0.25, 0.3) is 0 Å². The van der Waals surface area contributed by atoms with Gasteiger partial charge in [-0.1, -0.05) is 0 Å². The first-order chi connectivity index (χ1) is 9.71. The third-order valence-corrected chi connectivity index (χ3v) is 3.59. The van der Waals surface area contributed by atoms with Crippen LogP contribution in [0.4, 0.5) is 4.79 Å². The topological polar surface area (TPSA) is 90.0 Å². The molecule has 0 saturated carbocycles. The minimum absolute atomic E-state index is 0.0102. The van der Waals surface area contributed by atoms with Crippen LogP contribution >= 0.6 is 0 Å². The molecule has 1 rings (SSSR count). The standard InChI is InChI=1S/C14H25N3O4/c1-14(2,7-6-12(19)20)15-13(21)16(3)10-11(18)17-8-4-5-9-17/h4-10H2,1-3H3,(H,15,21)(H,19,20). The summed E-state index contributed by atoms with van der Waals surface area (Å²) in [7, 11) is 1.57. The van der Waals surface area contributed by atoms with E-state index >= 15 is 0 Å². The van der Waals surface area contributed by atoms with Crippen molar-refractivity contribution in [1.29, 1.82) is 0 Å². The van der Waals surface area contributed by atoms with Gasteiger partial charge in [0.05, 0.1) is 0 Å². The number of hydrogen-bond donors (Lipinski definition) is 2. The van der Waals surface area contributed by atoms with Gasteiger partial charge >= 0.3 is 12.0 Å². The molecule has 21 heavy (non-hydrogen) atoms. The molecule has 0 unspecified atom stereocenters. The first-order valence-corrected chi connectivity index (χ1v) is 7.24. The number of hydrogen-bond acceptors (Lipinski definition) is 3. The van der Waals surface area contributed by atoms with Crippen LogP contribution in [0, 0.1) is 0 Å². The van der Waals surface area contributed by atoms with Crippen molar-refractivity contribution in [1.82, 2.24) is 15.1 Å². The highest BCUT2D eigenvalue weighted by atomic mass is 16.4. The number of likely N-dealkylation sites (N-methyl/N-ethyl adjacent to an activating group) is 1. The molecule has 7 nitrogen and oxygen atoms in total. The van der Waals surface area contributed by atoms with Crippen LogP contribution in [0.3, 0.4) is 0 Å². The van der Waals surface area contributed by atoms with Gasteiger partial charge in [-0.05, 0) is 33.1 Å². The summed E-state index contributed by atoms with van der Waals surface area (Å²) >= 11 is 0. The predicted octanol–water partition coefficient (Wildman–Crippen LogP) is 0.894. The summed E-state index contributed by atoms with van der Waals surface area (Å²) in [4.78, 5) is 37.7. The monoisotopic (exact) mass is 299 g/mol. The Bertz CT molecular complexity index is 403. The number of rotatable bonds is 6. The molecule has 0 spiro atoms. The molecule has 0 radical (unpaired) electrons. The summed E-state index contributed by atoms with van der Waals surface area (Å²) in [6.45, 7) is 5.10. The Kier molecular flexibility index (Phi) is 5.99. The number of nitrogens with one attached hydrogen (secondary N) is 1. The molecule has 1 aliphatic rings. The molecule has 1 aliphatic heterocycles. The van der Waals surface area contributed by atoms with Crippen molar-refractivity contribution in [3.63, 3.8) is 0 Å². The summed E-state index contributed by atoms with van der Waals surface area (Å²) in [6.07, 6.45) is 2.36. The van der Waals surface area contributed by atoms with E-state index in [-0.39, 0.29) is 24.9 Å². The van der Waals surface area contributed by atoms with Gasteiger partial charge in [0, 0.05) is 32.1 Å². The average molecular weight is 299 g/mol. The number of carbonyl (C=O) groups excluding carboxylic acids is 2. The van der Waals surface area contributed by atoms with Crippen molar-refractivity contribution < 1.29 is 19.5 Å². The number of carbonyl (C=O) groups is 3. The first-order valence-electron chi connectivity index (χ1n) is 7.24. The van der Waals surface area contributed by atoms with Crippen LogP contribution in [0.1, 0.15) is 39.5 Å². The van der Waals surface area contributed by atoms with Gasteiger partial charge in [-0.15, -0.1) is 0 Å². The Balaban J connectivity index is 2.42. The van der Waals surface area contributed by atoms with E-state index in [1.54, 1.807) is 25.8 Å². The van der Waals surface area contributed by atoms with Crippen molar-refractivity contribution in [2.45, 2.75) is 45.1 Å². The highest BCUT2D eigenvalue weighted by molar-refractivity contribution is 5.84. The Hall–Kier alpha value is -1.79. The van der Waals surface area contributed by atoms with E-state index in [0.29, 0.717) is 6.42 Å².